The van der Waals surface area contributed by atoms with E-state index in [4.69, 9.17) is 5.73 Å². The second kappa shape index (κ2) is 5.42. The van der Waals surface area contributed by atoms with Crippen molar-refractivity contribution in [2.45, 2.75) is 13.8 Å². The summed E-state index contributed by atoms with van der Waals surface area (Å²) >= 11 is 0. The van der Waals surface area contributed by atoms with E-state index in [-0.39, 0.29) is 5.95 Å². The van der Waals surface area contributed by atoms with E-state index in [1.165, 1.54) is 0 Å². The Bertz CT molecular complexity index is 1040. The van der Waals surface area contributed by atoms with Gasteiger partial charge in [-0.15, -0.1) is 10.2 Å². The van der Waals surface area contributed by atoms with Crippen molar-refractivity contribution >= 4 is 16.9 Å². The molecule has 6 heteroatoms. The Morgan fingerprint density at radius 3 is 2.50 bits per heavy atom. The molecule has 0 bridgehead atoms. The van der Waals surface area contributed by atoms with Gasteiger partial charge in [-0.1, -0.05) is 30.3 Å². The summed E-state index contributed by atoms with van der Waals surface area (Å²) in [7, 11) is 0. The summed E-state index contributed by atoms with van der Waals surface area (Å²) in [6.07, 6.45) is 0. The molecular formula is C18H16N6. The average molecular weight is 316 g/mol. The Hall–Kier alpha value is -3.28. The van der Waals surface area contributed by atoms with E-state index in [2.05, 4.69) is 37.5 Å². The molecule has 0 aliphatic heterocycles. The van der Waals surface area contributed by atoms with Crippen LogP contribution in [0.15, 0.2) is 42.5 Å². The molecule has 24 heavy (non-hydrogen) atoms. The van der Waals surface area contributed by atoms with Crippen LogP contribution in [0.2, 0.25) is 0 Å². The molecule has 0 spiro atoms. The van der Waals surface area contributed by atoms with E-state index in [0.717, 1.165) is 39.0 Å². The number of nitrogens with zero attached hydrogens (tertiary/aromatic N) is 4. The Balaban J connectivity index is 1.99. The number of benzene rings is 2. The number of H-pyrrole nitrogens is 1. The molecule has 0 aliphatic rings. The standard InChI is InChI=1S/C18H16N6/c1-10-8-13(9-14-11(2)21-22-15(10)14)17-16(20-18(19)24-23-17)12-6-4-3-5-7-12/h3-9H,1-2H3,(H,21,22)(H2,19,20,24). The number of rotatable bonds is 2. The minimum Gasteiger partial charge on any atom is -0.366 e. The van der Waals surface area contributed by atoms with E-state index < -0.39 is 0 Å². The lowest BCUT2D eigenvalue weighted by molar-refractivity contribution is 0.997. The second-order valence-electron chi connectivity index (χ2n) is 5.76. The predicted molar refractivity (Wildman–Crippen MR) is 94.2 cm³/mol. The molecule has 2 heterocycles. The van der Waals surface area contributed by atoms with Gasteiger partial charge >= 0.3 is 0 Å². The van der Waals surface area contributed by atoms with Gasteiger partial charge in [-0.25, -0.2) is 4.98 Å². The highest BCUT2D eigenvalue weighted by atomic mass is 15.2. The van der Waals surface area contributed by atoms with Crippen LogP contribution in [-0.2, 0) is 0 Å². The fourth-order valence-electron chi connectivity index (χ4n) is 2.89. The average Bonchev–Trinajstić information content (AvgIpc) is 2.97. The van der Waals surface area contributed by atoms with Crippen molar-refractivity contribution in [1.82, 2.24) is 25.4 Å². The predicted octanol–water partition coefficient (Wildman–Crippen LogP) is 3.28. The molecule has 6 nitrogen and oxygen atoms in total. The molecule has 0 amide bonds. The van der Waals surface area contributed by atoms with Gasteiger partial charge < -0.3 is 5.73 Å². The van der Waals surface area contributed by atoms with Gasteiger partial charge in [0.2, 0.25) is 5.95 Å². The van der Waals surface area contributed by atoms with Gasteiger partial charge in [0.15, 0.2) is 0 Å². The van der Waals surface area contributed by atoms with Gasteiger partial charge in [-0.2, -0.15) is 5.10 Å². The van der Waals surface area contributed by atoms with Gasteiger partial charge in [0.05, 0.1) is 11.2 Å². The lowest BCUT2D eigenvalue weighted by Gasteiger charge is -2.09. The number of nitrogens with two attached hydrogens (primary N) is 1. The van der Waals surface area contributed by atoms with Gasteiger partial charge in [0.1, 0.15) is 11.4 Å². The number of fused-ring (bicyclic) bond motifs is 1. The SMILES string of the molecule is Cc1n[nH]c2c(C)cc(-c3nnc(N)nc3-c3ccccc3)cc12. The van der Waals surface area contributed by atoms with E-state index >= 15 is 0 Å². The van der Waals surface area contributed by atoms with Crippen molar-refractivity contribution in [2.75, 3.05) is 5.73 Å². The van der Waals surface area contributed by atoms with Crippen LogP contribution in [0.1, 0.15) is 11.3 Å². The number of aromatic nitrogens is 5. The second-order valence-corrected chi connectivity index (χ2v) is 5.76. The summed E-state index contributed by atoms with van der Waals surface area (Å²) in [5.41, 5.74) is 12.2. The third kappa shape index (κ3) is 2.28. The van der Waals surface area contributed by atoms with E-state index in [1.807, 2.05) is 44.2 Å². The normalized spacial score (nSPS) is 11.1. The minimum absolute atomic E-state index is 0.162. The quantitative estimate of drug-likeness (QED) is 0.592. The Kier molecular flexibility index (Phi) is 3.23. The number of hydrogen-bond acceptors (Lipinski definition) is 5. The zero-order chi connectivity index (χ0) is 16.7. The van der Waals surface area contributed by atoms with Crippen LogP contribution in [0.3, 0.4) is 0 Å². The zero-order valence-corrected chi connectivity index (χ0v) is 13.4. The third-order valence-electron chi connectivity index (χ3n) is 4.08. The largest absolute Gasteiger partial charge is 0.366 e. The van der Waals surface area contributed by atoms with Gasteiger partial charge in [-0.05, 0) is 31.5 Å². The number of hydrogen-bond donors (Lipinski definition) is 2. The van der Waals surface area contributed by atoms with Crippen LogP contribution in [-0.4, -0.2) is 25.4 Å². The maximum atomic E-state index is 5.77. The van der Waals surface area contributed by atoms with Crippen LogP contribution in [0.25, 0.3) is 33.4 Å². The smallest absolute Gasteiger partial charge is 0.240 e. The number of nitrogens with one attached hydrogen (secondary N) is 1. The number of nitrogen functional groups attached to an aromatic ring is 1. The molecule has 118 valence electrons. The number of aryl methyl sites for hydroxylation is 2. The van der Waals surface area contributed by atoms with Crippen LogP contribution >= 0.6 is 0 Å². The molecule has 0 aliphatic carbocycles. The zero-order valence-electron chi connectivity index (χ0n) is 13.4. The van der Waals surface area contributed by atoms with Crippen molar-refractivity contribution in [3.63, 3.8) is 0 Å². The summed E-state index contributed by atoms with van der Waals surface area (Å²) in [6, 6.07) is 14.0. The fourth-order valence-corrected chi connectivity index (χ4v) is 2.89. The molecule has 0 unspecified atom stereocenters. The molecule has 4 rings (SSSR count). The van der Waals surface area contributed by atoms with E-state index in [9.17, 15) is 0 Å². The Morgan fingerprint density at radius 1 is 0.917 bits per heavy atom. The van der Waals surface area contributed by atoms with Gasteiger partial charge in [-0.3, -0.25) is 5.10 Å². The monoisotopic (exact) mass is 316 g/mol. The molecule has 0 fully saturated rings. The summed E-state index contributed by atoms with van der Waals surface area (Å²) in [6.45, 7) is 4.02. The van der Waals surface area contributed by atoms with Gasteiger partial charge in [0, 0.05) is 16.5 Å². The van der Waals surface area contributed by atoms with Crippen molar-refractivity contribution in [1.29, 1.82) is 0 Å². The lowest BCUT2D eigenvalue weighted by atomic mass is 10.0. The molecule has 3 N–H and O–H groups in total. The molecule has 2 aromatic carbocycles. The summed E-state index contributed by atoms with van der Waals surface area (Å²) < 4.78 is 0. The van der Waals surface area contributed by atoms with E-state index in [1.54, 1.807) is 0 Å². The van der Waals surface area contributed by atoms with Crippen molar-refractivity contribution in [2.24, 2.45) is 0 Å². The molecule has 0 saturated heterocycles. The van der Waals surface area contributed by atoms with Crippen LogP contribution in [0.5, 0.6) is 0 Å². The highest BCUT2D eigenvalue weighted by Crippen LogP contribution is 2.32. The summed E-state index contributed by atoms with van der Waals surface area (Å²) in [4.78, 5) is 4.42. The maximum Gasteiger partial charge on any atom is 0.240 e. The molecule has 2 aromatic heterocycles. The van der Waals surface area contributed by atoms with Crippen LogP contribution < -0.4 is 5.73 Å². The van der Waals surface area contributed by atoms with Crippen LogP contribution in [0.4, 0.5) is 5.95 Å². The first kappa shape index (κ1) is 14.3. The van der Waals surface area contributed by atoms with E-state index in [0.29, 0.717) is 5.69 Å². The summed E-state index contributed by atoms with van der Waals surface area (Å²) in [5.74, 6) is 0.162. The highest BCUT2D eigenvalue weighted by Gasteiger charge is 2.15. The fraction of sp³-hybridized carbons (Fsp3) is 0.111. The highest BCUT2D eigenvalue weighted by molar-refractivity contribution is 5.90. The lowest BCUT2D eigenvalue weighted by Crippen LogP contribution is -2.02. The third-order valence-corrected chi connectivity index (χ3v) is 4.08. The minimum atomic E-state index is 0.162. The number of aromatic amines is 1. The first-order chi connectivity index (χ1) is 11.6. The maximum absolute atomic E-state index is 5.77. The first-order valence-corrected chi connectivity index (χ1v) is 7.65. The number of anilines is 1. The Morgan fingerprint density at radius 2 is 1.71 bits per heavy atom. The molecule has 4 aromatic rings. The summed E-state index contributed by atoms with van der Waals surface area (Å²) in [5, 5.41) is 16.7. The molecule has 0 atom stereocenters. The molecule has 0 radical (unpaired) electrons. The first-order valence-electron chi connectivity index (χ1n) is 7.65. The van der Waals surface area contributed by atoms with Crippen molar-refractivity contribution < 1.29 is 0 Å². The Labute approximate surface area is 138 Å². The molecule has 0 saturated carbocycles. The van der Waals surface area contributed by atoms with Crippen molar-refractivity contribution in [3.05, 3.63) is 53.7 Å². The topological polar surface area (TPSA) is 93.4 Å². The van der Waals surface area contributed by atoms with Crippen LogP contribution in [0, 0.1) is 13.8 Å². The van der Waals surface area contributed by atoms with Crippen molar-refractivity contribution in [3.8, 4) is 22.5 Å². The van der Waals surface area contributed by atoms with Gasteiger partial charge in [0.25, 0.3) is 0 Å². The molecular weight excluding hydrogens is 300 g/mol.